The summed E-state index contributed by atoms with van der Waals surface area (Å²) in [7, 11) is 1.23. The van der Waals surface area contributed by atoms with E-state index in [4.69, 9.17) is 14.9 Å². The normalized spacial score (nSPS) is 27.7. The van der Waals surface area contributed by atoms with Gasteiger partial charge in [-0.1, -0.05) is 0 Å². The van der Waals surface area contributed by atoms with E-state index in [0.717, 1.165) is 0 Å². The number of nitrogens with zero attached hydrogens (tertiary/aromatic N) is 1. The molecule has 0 bridgehead atoms. The average molecular weight is 332 g/mol. The topological polar surface area (TPSA) is 169 Å². The Labute approximate surface area is 131 Å². The minimum Gasteiger partial charge on any atom is -0.493 e. The molecule has 23 heavy (non-hydrogen) atoms. The molecule has 0 amide bonds. The van der Waals surface area contributed by atoms with Crippen molar-refractivity contribution in [3.63, 3.8) is 0 Å². The lowest BCUT2D eigenvalue weighted by atomic mass is 9.82. The average Bonchev–Trinajstić information content (AvgIpc) is 2.49. The van der Waals surface area contributed by atoms with E-state index in [1.807, 2.05) is 0 Å². The van der Waals surface area contributed by atoms with Gasteiger partial charge in [-0.15, -0.1) is 0 Å². The molecule has 0 aromatic rings. The van der Waals surface area contributed by atoms with E-state index >= 15 is 0 Å². The standard InChI is InChI=1S/C13H20N2O8/c1-6(12(20)21)15-9-10(23-2)7(14-4-8(17)18)3-13(22,5-16)11(9)19/h6,11,14,16,19,22H,3-5H2,1-2H3,(H,17,18)(H,20,21)/t6-,11-,13+/m0/s1. The van der Waals surface area contributed by atoms with Crippen LogP contribution in [0, 0.1) is 0 Å². The molecular weight excluding hydrogens is 312 g/mol. The molecule has 0 aromatic carbocycles. The van der Waals surface area contributed by atoms with Gasteiger partial charge in [0.25, 0.3) is 0 Å². The number of hydrogen-bond donors (Lipinski definition) is 6. The van der Waals surface area contributed by atoms with Crippen molar-refractivity contribution in [3.8, 4) is 0 Å². The van der Waals surface area contributed by atoms with E-state index in [2.05, 4.69) is 10.3 Å². The molecular formula is C13H20N2O8. The second-order valence-corrected chi connectivity index (χ2v) is 5.13. The monoisotopic (exact) mass is 332 g/mol. The molecule has 0 heterocycles. The smallest absolute Gasteiger partial charge is 0.328 e. The van der Waals surface area contributed by atoms with Gasteiger partial charge in [0.1, 0.15) is 30.0 Å². The molecule has 0 unspecified atom stereocenters. The number of aliphatic carboxylic acids is 2. The van der Waals surface area contributed by atoms with E-state index in [9.17, 15) is 24.9 Å². The summed E-state index contributed by atoms with van der Waals surface area (Å²) in [5, 5.41) is 50.1. The lowest BCUT2D eigenvalue weighted by Crippen LogP contribution is -2.55. The summed E-state index contributed by atoms with van der Waals surface area (Å²) in [4.78, 5) is 25.5. The van der Waals surface area contributed by atoms with Crippen LogP contribution in [0.3, 0.4) is 0 Å². The fourth-order valence-corrected chi connectivity index (χ4v) is 2.10. The van der Waals surface area contributed by atoms with Crippen molar-refractivity contribution in [2.75, 3.05) is 20.3 Å². The van der Waals surface area contributed by atoms with Crippen LogP contribution in [-0.4, -0.2) is 81.2 Å². The number of carboxylic acid groups (broad SMARTS) is 2. The number of aliphatic imine (C=N–C) groups is 1. The SMILES string of the molecule is COC1=C(NCC(=O)O)C[C@@](O)(CO)[C@@H](O)C1=N[C@@H](C)C(=O)O. The van der Waals surface area contributed by atoms with Gasteiger partial charge in [-0.05, 0) is 6.92 Å². The fourth-order valence-electron chi connectivity index (χ4n) is 2.10. The number of rotatable bonds is 7. The van der Waals surface area contributed by atoms with Crippen molar-refractivity contribution in [1.29, 1.82) is 0 Å². The van der Waals surface area contributed by atoms with Crippen LogP contribution >= 0.6 is 0 Å². The summed E-state index contributed by atoms with van der Waals surface area (Å²) < 4.78 is 5.09. The molecule has 0 aromatic heterocycles. The molecule has 6 N–H and O–H groups in total. The Morgan fingerprint density at radius 2 is 2.09 bits per heavy atom. The van der Waals surface area contributed by atoms with Gasteiger partial charge in [0.2, 0.25) is 0 Å². The molecule has 1 aliphatic rings. The first-order valence-corrected chi connectivity index (χ1v) is 6.71. The van der Waals surface area contributed by atoms with E-state index in [0.29, 0.717) is 0 Å². The third-order valence-corrected chi connectivity index (χ3v) is 3.38. The summed E-state index contributed by atoms with van der Waals surface area (Å²) in [6, 6.07) is -1.24. The Balaban J connectivity index is 3.37. The van der Waals surface area contributed by atoms with Crippen molar-refractivity contribution < 1.29 is 39.9 Å². The maximum absolute atomic E-state index is 11.0. The predicted molar refractivity (Wildman–Crippen MR) is 76.9 cm³/mol. The minimum absolute atomic E-state index is 0.0648. The number of nitrogens with one attached hydrogen (secondary N) is 1. The molecule has 10 heteroatoms. The molecule has 1 rings (SSSR count). The van der Waals surface area contributed by atoms with Crippen molar-refractivity contribution in [1.82, 2.24) is 5.32 Å². The number of carboxylic acids is 2. The van der Waals surface area contributed by atoms with Crippen molar-refractivity contribution in [3.05, 3.63) is 11.5 Å². The number of aliphatic hydroxyl groups excluding tert-OH is 2. The molecule has 0 fully saturated rings. The largest absolute Gasteiger partial charge is 0.493 e. The lowest BCUT2D eigenvalue weighted by Gasteiger charge is -2.38. The molecule has 0 saturated carbocycles. The summed E-state index contributed by atoms with van der Waals surface area (Å²) in [6.07, 6.45) is -2.01. The molecule has 10 nitrogen and oxygen atoms in total. The second-order valence-electron chi connectivity index (χ2n) is 5.13. The molecule has 0 aliphatic heterocycles. The van der Waals surface area contributed by atoms with E-state index in [1.54, 1.807) is 0 Å². The van der Waals surface area contributed by atoms with Crippen molar-refractivity contribution >= 4 is 17.7 Å². The van der Waals surface area contributed by atoms with Gasteiger partial charge in [-0.2, -0.15) is 0 Å². The minimum atomic E-state index is -2.04. The number of methoxy groups -OCH3 is 1. The third-order valence-electron chi connectivity index (χ3n) is 3.38. The summed E-state index contributed by atoms with van der Waals surface area (Å²) in [5.41, 5.74) is -2.23. The van der Waals surface area contributed by atoms with Crippen LogP contribution in [0.5, 0.6) is 0 Å². The first-order chi connectivity index (χ1) is 10.7. The van der Waals surface area contributed by atoms with Crippen LogP contribution < -0.4 is 5.32 Å². The van der Waals surface area contributed by atoms with E-state index in [-0.39, 0.29) is 23.6 Å². The van der Waals surface area contributed by atoms with Gasteiger partial charge in [-0.25, -0.2) is 4.79 Å². The van der Waals surface area contributed by atoms with Gasteiger partial charge < -0.3 is 35.6 Å². The Morgan fingerprint density at radius 3 is 2.52 bits per heavy atom. The fraction of sp³-hybridized carbons (Fsp3) is 0.615. The number of hydrogen-bond acceptors (Lipinski definition) is 8. The zero-order valence-corrected chi connectivity index (χ0v) is 12.7. The summed E-state index contributed by atoms with van der Waals surface area (Å²) >= 11 is 0. The zero-order chi connectivity index (χ0) is 17.8. The molecule has 130 valence electrons. The maximum Gasteiger partial charge on any atom is 0.328 e. The quantitative estimate of drug-likeness (QED) is 0.306. The highest BCUT2D eigenvalue weighted by atomic mass is 16.5. The molecule has 1 aliphatic carbocycles. The Kier molecular flexibility index (Phi) is 6.07. The van der Waals surface area contributed by atoms with E-state index < -0.39 is 42.8 Å². The highest BCUT2D eigenvalue weighted by Crippen LogP contribution is 2.31. The lowest BCUT2D eigenvalue weighted by molar-refractivity contribution is -0.138. The molecule has 3 atom stereocenters. The van der Waals surface area contributed by atoms with Crippen LogP contribution in [0.2, 0.25) is 0 Å². The summed E-state index contributed by atoms with van der Waals surface area (Å²) in [6.45, 7) is -0.0856. The van der Waals surface area contributed by atoms with Gasteiger partial charge in [-0.3, -0.25) is 9.79 Å². The Bertz CT molecular complexity index is 544. The van der Waals surface area contributed by atoms with Crippen molar-refractivity contribution in [2.24, 2.45) is 4.99 Å². The van der Waals surface area contributed by atoms with Gasteiger partial charge in [0.15, 0.2) is 5.76 Å². The first kappa shape index (κ1) is 18.9. The summed E-state index contributed by atoms with van der Waals surface area (Å²) in [5.74, 6) is -2.51. The Hall–Kier alpha value is -2.17. The number of ether oxygens (including phenoxy) is 1. The van der Waals surface area contributed by atoms with Gasteiger partial charge >= 0.3 is 11.9 Å². The van der Waals surface area contributed by atoms with E-state index in [1.165, 1.54) is 14.0 Å². The highest BCUT2D eigenvalue weighted by Gasteiger charge is 2.46. The highest BCUT2D eigenvalue weighted by molar-refractivity contribution is 6.05. The van der Waals surface area contributed by atoms with Crippen LogP contribution in [0.4, 0.5) is 0 Å². The van der Waals surface area contributed by atoms with Gasteiger partial charge in [0, 0.05) is 6.42 Å². The van der Waals surface area contributed by atoms with Crippen LogP contribution in [0.25, 0.3) is 0 Å². The van der Waals surface area contributed by atoms with Crippen LogP contribution in [0.1, 0.15) is 13.3 Å². The third kappa shape index (κ3) is 4.18. The van der Waals surface area contributed by atoms with Crippen molar-refractivity contribution in [2.45, 2.75) is 31.1 Å². The zero-order valence-electron chi connectivity index (χ0n) is 12.7. The number of carbonyl (C=O) groups is 2. The first-order valence-electron chi connectivity index (χ1n) is 6.71. The van der Waals surface area contributed by atoms with Crippen LogP contribution in [-0.2, 0) is 14.3 Å². The van der Waals surface area contributed by atoms with Gasteiger partial charge in [0.05, 0.1) is 19.4 Å². The Morgan fingerprint density at radius 1 is 1.48 bits per heavy atom. The second kappa shape index (κ2) is 7.40. The maximum atomic E-state index is 11.0. The molecule has 0 radical (unpaired) electrons. The predicted octanol–water partition coefficient (Wildman–Crippen LogP) is -2.08. The van der Waals surface area contributed by atoms with Crippen LogP contribution in [0.15, 0.2) is 16.4 Å². The molecule has 0 spiro atoms. The number of aliphatic hydroxyl groups is 3. The molecule has 0 saturated heterocycles.